The van der Waals surface area contributed by atoms with Crippen molar-refractivity contribution in [1.82, 2.24) is 10.6 Å². The van der Waals surface area contributed by atoms with Gasteiger partial charge in [-0.1, -0.05) is 13.8 Å². The van der Waals surface area contributed by atoms with Crippen LogP contribution in [0.15, 0.2) is 0 Å². The van der Waals surface area contributed by atoms with Crippen molar-refractivity contribution in [1.29, 1.82) is 0 Å². The molecule has 0 atom stereocenters. The van der Waals surface area contributed by atoms with E-state index in [1.165, 1.54) is 0 Å². The highest BCUT2D eigenvalue weighted by Gasteiger charge is 2.20. The number of hydrogen-bond donors (Lipinski definition) is 2. The molecule has 0 aromatic carbocycles. The first kappa shape index (κ1) is 17.1. The number of hydrogen-bond acceptors (Lipinski definition) is 2. The fourth-order valence-corrected chi connectivity index (χ4v) is 1.25. The average molecular weight is 237 g/mol. The van der Waals surface area contributed by atoms with Gasteiger partial charge in [0, 0.05) is 12.0 Å². The van der Waals surface area contributed by atoms with Crippen molar-refractivity contribution in [3.63, 3.8) is 0 Å². The topological polar surface area (TPSA) is 41.1 Å². The number of carbonyl (C=O) groups is 1. The molecule has 3 nitrogen and oxygen atoms in total. The molecule has 0 aromatic rings. The van der Waals surface area contributed by atoms with Crippen molar-refractivity contribution in [3.8, 4) is 0 Å². The fraction of sp³-hybridized carbons (Fsp3) is 0.909. The van der Waals surface area contributed by atoms with Crippen LogP contribution in [-0.4, -0.2) is 25.0 Å². The largest absolute Gasteiger partial charge is 0.351 e. The van der Waals surface area contributed by atoms with E-state index in [1.807, 2.05) is 7.05 Å². The first-order chi connectivity index (χ1) is 6.58. The Kier molecular flexibility index (Phi) is 10.3. The summed E-state index contributed by atoms with van der Waals surface area (Å²) in [6.07, 6.45) is 3.50. The number of rotatable bonds is 7. The van der Waals surface area contributed by atoms with Gasteiger partial charge in [0.05, 0.1) is 0 Å². The molecule has 0 saturated carbocycles. The van der Waals surface area contributed by atoms with Gasteiger partial charge in [0.25, 0.3) is 0 Å². The number of amides is 1. The maximum atomic E-state index is 11.5. The zero-order chi connectivity index (χ0) is 11.0. The van der Waals surface area contributed by atoms with Crippen LogP contribution < -0.4 is 10.6 Å². The molecular formula is C11H25ClN2O. The number of carbonyl (C=O) groups excluding carboxylic acids is 1. The normalized spacial score (nSPS) is 10.7. The summed E-state index contributed by atoms with van der Waals surface area (Å²) in [5.41, 5.74) is -0.0171. The SMILES string of the molecule is CCC(C)(CC)NC(=O)CCCNC.Cl. The van der Waals surface area contributed by atoms with Crippen molar-refractivity contribution in [2.45, 2.75) is 52.0 Å². The molecular weight excluding hydrogens is 212 g/mol. The van der Waals surface area contributed by atoms with Crippen LogP contribution in [0.25, 0.3) is 0 Å². The third-order valence-electron chi connectivity index (χ3n) is 2.83. The molecule has 0 saturated heterocycles. The van der Waals surface area contributed by atoms with Gasteiger partial charge in [0.2, 0.25) is 5.91 Å². The molecule has 92 valence electrons. The highest BCUT2D eigenvalue weighted by molar-refractivity contribution is 5.85. The van der Waals surface area contributed by atoms with Crippen LogP contribution in [0.4, 0.5) is 0 Å². The van der Waals surface area contributed by atoms with Gasteiger partial charge in [0.1, 0.15) is 0 Å². The number of halogens is 1. The van der Waals surface area contributed by atoms with Gasteiger partial charge in [-0.2, -0.15) is 0 Å². The van der Waals surface area contributed by atoms with Crippen LogP contribution in [-0.2, 0) is 4.79 Å². The first-order valence-corrected chi connectivity index (χ1v) is 5.53. The lowest BCUT2D eigenvalue weighted by atomic mass is 9.95. The Bertz CT molecular complexity index is 170. The molecule has 2 N–H and O–H groups in total. The summed E-state index contributed by atoms with van der Waals surface area (Å²) in [6.45, 7) is 7.22. The van der Waals surface area contributed by atoms with Crippen LogP contribution in [0.5, 0.6) is 0 Å². The third kappa shape index (κ3) is 7.63. The first-order valence-electron chi connectivity index (χ1n) is 5.53. The summed E-state index contributed by atoms with van der Waals surface area (Å²) >= 11 is 0. The molecule has 0 radical (unpaired) electrons. The maximum Gasteiger partial charge on any atom is 0.220 e. The van der Waals surface area contributed by atoms with Gasteiger partial charge in [-0.25, -0.2) is 0 Å². The predicted octanol–water partition coefficient (Wildman–Crippen LogP) is 2.10. The number of nitrogens with one attached hydrogen (secondary N) is 2. The Balaban J connectivity index is 0. The maximum absolute atomic E-state index is 11.5. The molecule has 0 bridgehead atoms. The van der Waals surface area contributed by atoms with Crippen LogP contribution in [0.2, 0.25) is 0 Å². The van der Waals surface area contributed by atoms with E-state index in [0.717, 1.165) is 25.8 Å². The Hall–Kier alpha value is -0.280. The zero-order valence-electron chi connectivity index (χ0n) is 10.4. The van der Waals surface area contributed by atoms with Crippen LogP contribution in [0, 0.1) is 0 Å². The van der Waals surface area contributed by atoms with Gasteiger partial charge in [-0.05, 0) is 39.8 Å². The quantitative estimate of drug-likeness (QED) is 0.665. The molecule has 0 spiro atoms. The molecule has 0 aliphatic carbocycles. The van der Waals surface area contributed by atoms with E-state index in [2.05, 4.69) is 31.4 Å². The highest BCUT2D eigenvalue weighted by Crippen LogP contribution is 2.13. The van der Waals surface area contributed by atoms with Crippen LogP contribution >= 0.6 is 12.4 Å². The second-order valence-electron chi connectivity index (χ2n) is 4.02. The standard InChI is InChI=1S/C11H24N2O.ClH/c1-5-11(3,6-2)13-10(14)8-7-9-12-4;/h12H,5-9H2,1-4H3,(H,13,14);1H. The van der Waals surface area contributed by atoms with E-state index < -0.39 is 0 Å². The van der Waals surface area contributed by atoms with Crippen molar-refractivity contribution in [3.05, 3.63) is 0 Å². The molecule has 0 unspecified atom stereocenters. The lowest BCUT2D eigenvalue weighted by Crippen LogP contribution is -2.45. The van der Waals surface area contributed by atoms with E-state index in [9.17, 15) is 4.79 Å². The molecule has 0 rings (SSSR count). The molecule has 0 aromatic heterocycles. The molecule has 0 aliphatic rings. The van der Waals surface area contributed by atoms with Gasteiger partial charge in [-0.3, -0.25) is 4.79 Å². The summed E-state index contributed by atoms with van der Waals surface area (Å²) in [7, 11) is 1.90. The predicted molar refractivity (Wildman–Crippen MR) is 67.5 cm³/mol. The Morgan fingerprint density at radius 2 is 1.80 bits per heavy atom. The summed E-state index contributed by atoms with van der Waals surface area (Å²) < 4.78 is 0. The summed E-state index contributed by atoms with van der Waals surface area (Å²) in [5.74, 6) is 0.173. The minimum absolute atomic E-state index is 0. The fourth-order valence-electron chi connectivity index (χ4n) is 1.25. The molecule has 0 heterocycles. The van der Waals surface area contributed by atoms with Gasteiger partial charge >= 0.3 is 0 Å². The zero-order valence-corrected chi connectivity index (χ0v) is 11.2. The Labute approximate surface area is 99.8 Å². The second kappa shape index (κ2) is 8.98. The monoisotopic (exact) mass is 236 g/mol. The smallest absolute Gasteiger partial charge is 0.220 e. The lowest BCUT2D eigenvalue weighted by molar-refractivity contribution is -0.123. The summed E-state index contributed by atoms with van der Waals surface area (Å²) in [5, 5.41) is 6.12. The third-order valence-corrected chi connectivity index (χ3v) is 2.83. The molecule has 0 aliphatic heterocycles. The average Bonchev–Trinajstić information content (AvgIpc) is 2.18. The second-order valence-corrected chi connectivity index (χ2v) is 4.02. The summed E-state index contributed by atoms with van der Waals surface area (Å²) in [4.78, 5) is 11.5. The Morgan fingerprint density at radius 1 is 1.27 bits per heavy atom. The van der Waals surface area contributed by atoms with Crippen molar-refractivity contribution in [2.75, 3.05) is 13.6 Å². The van der Waals surface area contributed by atoms with E-state index in [1.54, 1.807) is 0 Å². The molecule has 15 heavy (non-hydrogen) atoms. The van der Waals surface area contributed by atoms with E-state index >= 15 is 0 Å². The van der Waals surface area contributed by atoms with Crippen molar-refractivity contribution >= 4 is 18.3 Å². The Morgan fingerprint density at radius 3 is 2.20 bits per heavy atom. The van der Waals surface area contributed by atoms with Crippen LogP contribution in [0.1, 0.15) is 46.5 Å². The van der Waals surface area contributed by atoms with E-state index in [-0.39, 0.29) is 23.9 Å². The van der Waals surface area contributed by atoms with Gasteiger partial charge in [0.15, 0.2) is 0 Å². The van der Waals surface area contributed by atoms with Gasteiger partial charge < -0.3 is 10.6 Å². The summed E-state index contributed by atoms with van der Waals surface area (Å²) in [6, 6.07) is 0. The van der Waals surface area contributed by atoms with Gasteiger partial charge in [-0.15, -0.1) is 12.4 Å². The highest BCUT2D eigenvalue weighted by atomic mass is 35.5. The lowest BCUT2D eigenvalue weighted by Gasteiger charge is -2.28. The van der Waals surface area contributed by atoms with E-state index in [0.29, 0.717) is 6.42 Å². The van der Waals surface area contributed by atoms with E-state index in [4.69, 9.17) is 0 Å². The molecule has 0 fully saturated rings. The van der Waals surface area contributed by atoms with Crippen molar-refractivity contribution < 1.29 is 4.79 Å². The molecule has 4 heteroatoms. The molecule has 1 amide bonds. The minimum Gasteiger partial charge on any atom is -0.351 e. The minimum atomic E-state index is -0.0171. The van der Waals surface area contributed by atoms with Crippen molar-refractivity contribution in [2.24, 2.45) is 0 Å². The van der Waals surface area contributed by atoms with Crippen LogP contribution in [0.3, 0.4) is 0 Å².